The lowest BCUT2D eigenvalue weighted by Crippen LogP contribution is -2.39. The molecule has 0 spiro atoms. The molecular weight excluding hydrogens is 315 g/mol. The zero-order valence-electron chi connectivity index (χ0n) is 13.5. The predicted molar refractivity (Wildman–Crippen MR) is 99.7 cm³/mol. The van der Waals surface area contributed by atoms with E-state index in [1.54, 1.807) is 0 Å². The third-order valence-electron chi connectivity index (χ3n) is 4.38. The standard InChI is InChI=1S/C21H19O2P/c1-16-10-8-9-15-19(16)21(20(22)23-24,17-11-4-2-5-12-17)18-13-6-3-7-14-18/h2-15H,24H2,1H3. The van der Waals surface area contributed by atoms with Gasteiger partial charge in [0.1, 0.15) is 5.41 Å². The molecule has 0 bridgehead atoms. The number of hydrogen-bond donors (Lipinski definition) is 0. The van der Waals surface area contributed by atoms with E-state index in [9.17, 15) is 4.79 Å². The maximum atomic E-state index is 13.1. The van der Waals surface area contributed by atoms with Crippen molar-refractivity contribution in [2.45, 2.75) is 12.3 Å². The third-order valence-corrected chi connectivity index (χ3v) is 4.59. The molecule has 2 nitrogen and oxygen atoms in total. The second-order valence-electron chi connectivity index (χ2n) is 5.70. The van der Waals surface area contributed by atoms with Gasteiger partial charge in [-0.15, -0.1) is 0 Å². The SMILES string of the molecule is Cc1ccccc1C(C(=O)OP)(c1ccccc1)c1ccccc1. The summed E-state index contributed by atoms with van der Waals surface area (Å²) in [5, 5.41) is 0. The molecule has 0 amide bonds. The van der Waals surface area contributed by atoms with Crippen LogP contribution >= 0.6 is 9.47 Å². The number of rotatable bonds is 4. The van der Waals surface area contributed by atoms with Gasteiger partial charge in [0.05, 0.1) is 9.47 Å². The van der Waals surface area contributed by atoms with Crippen molar-refractivity contribution in [3.63, 3.8) is 0 Å². The van der Waals surface area contributed by atoms with Crippen molar-refractivity contribution in [2.75, 3.05) is 0 Å². The smallest absolute Gasteiger partial charge is 0.327 e. The van der Waals surface area contributed by atoms with Gasteiger partial charge in [-0.3, -0.25) is 4.79 Å². The summed E-state index contributed by atoms with van der Waals surface area (Å²) in [6.07, 6.45) is 0. The number of hydrogen-bond acceptors (Lipinski definition) is 2. The van der Waals surface area contributed by atoms with Crippen molar-refractivity contribution in [1.29, 1.82) is 0 Å². The van der Waals surface area contributed by atoms with E-state index in [-0.39, 0.29) is 5.97 Å². The Kier molecular flexibility index (Phi) is 4.78. The molecule has 0 fully saturated rings. The molecular formula is C21H19O2P. The molecule has 0 aliphatic heterocycles. The highest BCUT2D eigenvalue weighted by atomic mass is 31.0. The summed E-state index contributed by atoms with van der Waals surface area (Å²) in [5.74, 6) is -0.320. The molecule has 0 aliphatic carbocycles. The van der Waals surface area contributed by atoms with E-state index >= 15 is 0 Å². The van der Waals surface area contributed by atoms with Crippen molar-refractivity contribution in [1.82, 2.24) is 0 Å². The molecule has 120 valence electrons. The quantitative estimate of drug-likeness (QED) is 0.512. The van der Waals surface area contributed by atoms with E-state index in [2.05, 4.69) is 9.47 Å². The third kappa shape index (κ3) is 2.64. The maximum Gasteiger partial charge on any atom is 0.327 e. The van der Waals surface area contributed by atoms with E-state index in [4.69, 9.17) is 4.52 Å². The molecule has 0 radical (unpaired) electrons. The van der Waals surface area contributed by atoms with Crippen molar-refractivity contribution in [3.8, 4) is 0 Å². The minimum Gasteiger partial charge on any atom is -0.450 e. The van der Waals surface area contributed by atoms with Crippen LogP contribution in [0.5, 0.6) is 0 Å². The predicted octanol–water partition coefficient (Wildman–Crippen LogP) is 4.66. The first-order chi connectivity index (χ1) is 11.7. The summed E-state index contributed by atoms with van der Waals surface area (Å²) in [6.45, 7) is 2.02. The Bertz CT molecular complexity index is 789. The molecule has 1 unspecified atom stereocenters. The van der Waals surface area contributed by atoms with Crippen LogP contribution in [0.25, 0.3) is 0 Å². The lowest BCUT2D eigenvalue weighted by molar-refractivity contribution is -0.136. The molecule has 1 atom stereocenters. The topological polar surface area (TPSA) is 26.3 Å². The van der Waals surface area contributed by atoms with Crippen molar-refractivity contribution >= 4 is 15.4 Å². The Morgan fingerprint density at radius 1 is 0.792 bits per heavy atom. The van der Waals surface area contributed by atoms with Gasteiger partial charge in [-0.1, -0.05) is 84.9 Å². The second kappa shape index (κ2) is 6.98. The number of benzene rings is 3. The maximum absolute atomic E-state index is 13.1. The Hall–Kier alpha value is -2.44. The Balaban J connectivity index is 2.43. The normalized spacial score (nSPS) is 11.1. The lowest BCUT2D eigenvalue weighted by atomic mass is 9.68. The summed E-state index contributed by atoms with van der Waals surface area (Å²) in [5.41, 5.74) is 2.74. The number of carbonyl (C=O) groups is 1. The summed E-state index contributed by atoms with van der Waals surface area (Å²) >= 11 is 0. The van der Waals surface area contributed by atoms with Crippen LogP contribution in [-0.4, -0.2) is 5.97 Å². The van der Waals surface area contributed by atoms with Crippen molar-refractivity contribution < 1.29 is 9.32 Å². The lowest BCUT2D eigenvalue weighted by Gasteiger charge is -2.34. The molecule has 24 heavy (non-hydrogen) atoms. The van der Waals surface area contributed by atoms with Gasteiger partial charge in [0, 0.05) is 0 Å². The van der Waals surface area contributed by atoms with Crippen LogP contribution in [0.15, 0.2) is 84.9 Å². The molecule has 3 rings (SSSR count). The van der Waals surface area contributed by atoms with Gasteiger partial charge in [0.2, 0.25) is 0 Å². The molecule has 3 aromatic rings. The Labute approximate surface area is 144 Å². The van der Waals surface area contributed by atoms with E-state index in [1.165, 1.54) is 0 Å². The van der Waals surface area contributed by atoms with Crippen molar-refractivity contribution in [2.24, 2.45) is 0 Å². The van der Waals surface area contributed by atoms with E-state index in [0.717, 1.165) is 22.3 Å². The van der Waals surface area contributed by atoms with Crippen LogP contribution in [0.3, 0.4) is 0 Å². The zero-order chi connectivity index (χ0) is 17.0. The minimum atomic E-state index is -1.00. The highest BCUT2D eigenvalue weighted by Crippen LogP contribution is 2.42. The summed E-state index contributed by atoms with van der Waals surface area (Å²) in [4.78, 5) is 13.1. The van der Waals surface area contributed by atoms with Crippen LogP contribution in [0.4, 0.5) is 0 Å². The van der Waals surface area contributed by atoms with E-state index in [0.29, 0.717) is 0 Å². The van der Waals surface area contributed by atoms with Crippen LogP contribution in [0.1, 0.15) is 22.3 Å². The first-order valence-corrected chi connectivity index (χ1v) is 8.26. The fourth-order valence-electron chi connectivity index (χ4n) is 3.28. The van der Waals surface area contributed by atoms with Crippen LogP contribution in [0, 0.1) is 6.92 Å². The van der Waals surface area contributed by atoms with E-state index in [1.807, 2.05) is 91.9 Å². The van der Waals surface area contributed by atoms with Gasteiger partial charge >= 0.3 is 5.97 Å². The van der Waals surface area contributed by atoms with Crippen LogP contribution in [-0.2, 0) is 14.7 Å². The number of aryl methyl sites for hydroxylation is 1. The van der Waals surface area contributed by atoms with Gasteiger partial charge in [0.25, 0.3) is 0 Å². The van der Waals surface area contributed by atoms with Crippen molar-refractivity contribution in [3.05, 3.63) is 107 Å². The van der Waals surface area contributed by atoms with Gasteiger partial charge in [-0.25, -0.2) is 0 Å². The Morgan fingerprint density at radius 3 is 1.71 bits per heavy atom. The van der Waals surface area contributed by atoms with Crippen LogP contribution in [0.2, 0.25) is 0 Å². The average Bonchev–Trinajstić information content (AvgIpc) is 2.65. The Morgan fingerprint density at radius 2 is 1.25 bits per heavy atom. The molecule has 0 aromatic heterocycles. The molecule has 0 saturated carbocycles. The first-order valence-electron chi connectivity index (χ1n) is 7.79. The van der Waals surface area contributed by atoms with Gasteiger partial charge < -0.3 is 4.52 Å². The summed E-state index contributed by atoms with van der Waals surface area (Å²) in [6, 6.07) is 27.5. The fraction of sp³-hybridized carbons (Fsp3) is 0.0952. The van der Waals surface area contributed by atoms with Gasteiger partial charge in [-0.2, -0.15) is 0 Å². The largest absolute Gasteiger partial charge is 0.450 e. The van der Waals surface area contributed by atoms with Gasteiger partial charge in [0.15, 0.2) is 0 Å². The highest BCUT2D eigenvalue weighted by Gasteiger charge is 2.45. The monoisotopic (exact) mass is 334 g/mol. The molecule has 0 heterocycles. The highest BCUT2D eigenvalue weighted by molar-refractivity contribution is 7.10. The summed E-state index contributed by atoms with van der Waals surface area (Å²) < 4.78 is 5.21. The fourth-order valence-corrected chi connectivity index (χ4v) is 3.46. The molecule has 3 aromatic carbocycles. The molecule has 0 aliphatic rings. The molecule has 0 N–H and O–H groups in total. The zero-order valence-corrected chi connectivity index (χ0v) is 14.6. The van der Waals surface area contributed by atoms with E-state index < -0.39 is 5.41 Å². The second-order valence-corrected chi connectivity index (χ2v) is 5.94. The van der Waals surface area contributed by atoms with Crippen LogP contribution < -0.4 is 0 Å². The molecule has 0 saturated heterocycles. The van der Waals surface area contributed by atoms with Gasteiger partial charge in [-0.05, 0) is 29.2 Å². The summed E-state index contributed by atoms with van der Waals surface area (Å²) in [7, 11) is 2.10. The molecule has 3 heteroatoms. The number of carbonyl (C=O) groups excluding carboxylic acids is 1. The minimum absolute atomic E-state index is 0.320. The average molecular weight is 334 g/mol. The first kappa shape index (κ1) is 16.4.